The van der Waals surface area contributed by atoms with Gasteiger partial charge in [0.05, 0.1) is 6.61 Å². The highest BCUT2D eigenvalue weighted by molar-refractivity contribution is 9.09. The topological polar surface area (TPSA) is 26.3 Å². The van der Waals surface area contributed by atoms with Crippen molar-refractivity contribution in [3.05, 3.63) is 35.9 Å². The molecular weight excluding hydrogens is 268 g/mol. The van der Waals surface area contributed by atoms with Gasteiger partial charge >= 0.3 is 5.97 Å². The maximum atomic E-state index is 11.7. The highest BCUT2D eigenvalue weighted by atomic mass is 79.9. The van der Waals surface area contributed by atoms with Crippen molar-refractivity contribution in [3.8, 4) is 0 Å². The van der Waals surface area contributed by atoms with Crippen molar-refractivity contribution in [1.82, 2.24) is 0 Å². The Morgan fingerprint density at radius 1 is 1.31 bits per heavy atom. The molecule has 0 aromatic heterocycles. The molecule has 1 rings (SSSR count). The number of alkyl halides is 1. The molecule has 2 nitrogen and oxygen atoms in total. The van der Waals surface area contributed by atoms with Crippen LogP contribution in [0.3, 0.4) is 0 Å². The Morgan fingerprint density at radius 2 is 1.94 bits per heavy atom. The number of hydrogen-bond acceptors (Lipinski definition) is 2. The molecule has 0 aliphatic carbocycles. The van der Waals surface area contributed by atoms with E-state index in [1.54, 1.807) is 0 Å². The van der Waals surface area contributed by atoms with Crippen LogP contribution >= 0.6 is 15.9 Å². The maximum absolute atomic E-state index is 11.7. The summed E-state index contributed by atoms with van der Waals surface area (Å²) in [5, 5.41) is 0. The Morgan fingerprint density at radius 3 is 2.50 bits per heavy atom. The smallest absolute Gasteiger partial charge is 0.324 e. The molecule has 0 saturated heterocycles. The third kappa shape index (κ3) is 4.35. The molecule has 1 atom stereocenters. The zero-order valence-electron chi connectivity index (χ0n) is 9.65. The fraction of sp³-hybridized carbons (Fsp3) is 0.462. The minimum Gasteiger partial charge on any atom is -0.465 e. The first-order chi connectivity index (χ1) is 7.61. The van der Waals surface area contributed by atoms with Gasteiger partial charge in [-0.15, -0.1) is 0 Å². The molecule has 3 heteroatoms. The number of ether oxygens (including phenoxy) is 1. The van der Waals surface area contributed by atoms with Crippen molar-refractivity contribution in [1.29, 1.82) is 0 Å². The van der Waals surface area contributed by atoms with Gasteiger partial charge in [0.15, 0.2) is 0 Å². The van der Waals surface area contributed by atoms with Crippen LogP contribution in [0.1, 0.15) is 30.7 Å². The van der Waals surface area contributed by atoms with Gasteiger partial charge < -0.3 is 4.74 Å². The number of rotatable bonds is 5. The number of halogens is 1. The molecule has 0 aliphatic rings. The minimum atomic E-state index is -0.360. The molecule has 0 bridgehead atoms. The molecule has 0 radical (unpaired) electrons. The van der Waals surface area contributed by atoms with Crippen molar-refractivity contribution in [2.75, 3.05) is 6.61 Å². The molecular formula is C13H17BrO2. The van der Waals surface area contributed by atoms with Gasteiger partial charge in [-0.1, -0.05) is 60.1 Å². The normalized spacial score (nSPS) is 12.5. The number of carbonyl (C=O) groups is 1. The second kappa shape index (κ2) is 6.69. The van der Waals surface area contributed by atoms with E-state index in [1.807, 2.05) is 30.3 Å². The van der Waals surface area contributed by atoms with Crippen LogP contribution in [0.15, 0.2) is 30.3 Å². The lowest BCUT2D eigenvalue weighted by Gasteiger charge is -2.11. The third-order valence-electron chi connectivity index (χ3n) is 2.24. The predicted octanol–water partition coefficient (Wildman–Crippen LogP) is 3.71. The fourth-order valence-electron chi connectivity index (χ4n) is 1.23. The van der Waals surface area contributed by atoms with Gasteiger partial charge in [0.2, 0.25) is 0 Å². The lowest BCUT2D eigenvalue weighted by molar-refractivity contribution is -0.143. The SMILES string of the molecule is CC(C)CCOC(=O)C(Br)c1ccccc1. The summed E-state index contributed by atoms with van der Waals surface area (Å²) >= 11 is 3.34. The molecule has 0 fully saturated rings. The van der Waals surface area contributed by atoms with E-state index in [4.69, 9.17) is 4.74 Å². The zero-order valence-corrected chi connectivity index (χ0v) is 11.2. The molecule has 1 aromatic rings. The third-order valence-corrected chi connectivity index (χ3v) is 3.14. The van der Waals surface area contributed by atoms with Gasteiger partial charge in [-0.2, -0.15) is 0 Å². The maximum Gasteiger partial charge on any atom is 0.324 e. The highest BCUT2D eigenvalue weighted by Crippen LogP contribution is 2.23. The van der Waals surface area contributed by atoms with Crippen LogP contribution in [0.5, 0.6) is 0 Å². The Bertz CT molecular complexity index is 322. The number of benzene rings is 1. The summed E-state index contributed by atoms with van der Waals surface area (Å²) in [7, 11) is 0. The first-order valence-electron chi connectivity index (χ1n) is 5.47. The molecule has 0 heterocycles. The molecule has 0 saturated carbocycles. The van der Waals surface area contributed by atoms with Gasteiger partial charge in [0, 0.05) is 0 Å². The lowest BCUT2D eigenvalue weighted by Crippen LogP contribution is -2.12. The van der Waals surface area contributed by atoms with Crippen molar-refractivity contribution in [2.24, 2.45) is 5.92 Å². The summed E-state index contributed by atoms with van der Waals surface area (Å²) < 4.78 is 5.18. The molecule has 1 unspecified atom stereocenters. The lowest BCUT2D eigenvalue weighted by atomic mass is 10.1. The summed E-state index contributed by atoms with van der Waals surface area (Å²) in [4.78, 5) is 11.3. The van der Waals surface area contributed by atoms with E-state index < -0.39 is 0 Å². The summed E-state index contributed by atoms with van der Waals surface area (Å²) in [6.07, 6.45) is 0.903. The summed E-state index contributed by atoms with van der Waals surface area (Å²) in [5.41, 5.74) is 0.928. The Labute approximate surface area is 105 Å². The van der Waals surface area contributed by atoms with Crippen LogP contribution in [-0.2, 0) is 9.53 Å². The van der Waals surface area contributed by atoms with Gasteiger partial charge in [0.25, 0.3) is 0 Å². The molecule has 16 heavy (non-hydrogen) atoms. The van der Waals surface area contributed by atoms with Gasteiger partial charge in [-0.25, -0.2) is 0 Å². The van der Waals surface area contributed by atoms with Crippen LogP contribution in [0, 0.1) is 5.92 Å². The summed E-state index contributed by atoms with van der Waals surface area (Å²) in [5.74, 6) is 0.338. The molecule has 0 N–H and O–H groups in total. The average Bonchev–Trinajstić information content (AvgIpc) is 2.28. The quantitative estimate of drug-likeness (QED) is 0.609. The number of esters is 1. The van der Waals surface area contributed by atoms with E-state index in [-0.39, 0.29) is 10.8 Å². The van der Waals surface area contributed by atoms with Crippen LogP contribution in [0.25, 0.3) is 0 Å². The Hall–Kier alpha value is -0.830. The van der Waals surface area contributed by atoms with Crippen molar-refractivity contribution in [2.45, 2.75) is 25.1 Å². The summed E-state index contributed by atoms with van der Waals surface area (Å²) in [6, 6.07) is 9.55. The summed E-state index contributed by atoms with van der Waals surface area (Å²) in [6.45, 7) is 4.71. The second-order valence-corrected chi connectivity index (χ2v) is 5.04. The fourth-order valence-corrected chi connectivity index (χ4v) is 1.66. The largest absolute Gasteiger partial charge is 0.465 e. The van der Waals surface area contributed by atoms with Crippen molar-refractivity contribution in [3.63, 3.8) is 0 Å². The minimum absolute atomic E-state index is 0.216. The van der Waals surface area contributed by atoms with E-state index in [9.17, 15) is 4.79 Å². The molecule has 0 amide bonds. The van der Waals surface area contributed by atoms with E-state index >= 15 is 0 Å². The van der Waals surface area contributed by atoms with Crippen molar-refractivity contribution < 1.29 is 9.53 Å². The highest BCUT2D eigenvalue weighted by Gasteiger charge is 2.18. The van der Waals surface area contributed by atoms with E-state index in [2.05, 4.69) is 29.8 Å². The van der Waals surface area contributed by atoms with Crippen LogP contribution in [0.4, 0.5) is 0 Å². The van der Waals surface area contributed by atoms with E-state index in [1.165, 1.54) is 0 Å². The zero-order chi connectivity index (χ0) is 12.0. The molecule has 1 aromatic carbocycles. The Balaban J connectivity index is 2.43. The standard InChI is InChI=1S/C13H17BrO2/c1-10(2)8-9-16-13(15)12(14)11-6-4-3-5-7-11/h3-7,10,12H,8-9H2,1-2H3. The van der Waals surface area contributed by atoms with E-state index in [0.717, 1.165) is 12.0 Å². The van der Waals surface area contributed by atoms with Crippen LogP contribution < -0.4 is 0 Å². The molecule has 0 spiro atoms. The second-order valence-electron chi connectivity index (χ2n) is 4.12. The molecule has 88 valence electrons. The van der Waals surface area contributed by atoms with E-state index in [0.29, 0.717) is 12.5 Å². The van der Waals surface area contributed by atoms with Gasteiger partial charge in [0.1, 0.15) is 4.83 Å². The van der Waals surface area contributed by atoms with Gasteiger partial charge in [-0.05, 0) is 17.9 Å². The first-order valence-corrected chi connectivity index (χ1v) is 6.38. The average molecular weight is 285 g/mol. The van der Waals surface area contributed by atoms with Crippen molar-refractivity contribution >= 4 is 21.9 Å². The number of hydrogen-bond donors (Lipinski definition) is 0. The Kier molecular flexibility index (Phi) is 5.53. The van der Waals surface area contributed by atoms with Crippen LogP contribution in [-0.4, -0.2) is 12.6 Å². The predicted molar refractivity (Wildman–Crippen MR) is 68.5 cm³/mol. The van der Waals surface area contributed by atoms with Crippen LogP contribution in [0.2, 0.25) is 0 Å². The monoisotopic (exact) mass is 284 g/mol. The number of carbonyl (C=O) groups excluding carboxylic acids is 1. The van der Waals surface area contributed by atoms with Gasteiger partial charge in [-0.3, -0.25) is 4.79 Å². The first kappa shape index (κ1) is 13.2. The molecule has 0 aliphatic heterocycles.